The summed E-state index contributed by atoms with van der Waals surface area (Å²) in [5.74, 6) is -4.12. The second-order valence-corrected chi connectivity index (χ2v) is 4.24. The molecule has 1 fully saturated rings. The molecule has 0 aliphatic heterocycles. The van der Waals surface area contributed by atoms with Crippen LogP contribution in [0.25, 0.3) is 0 Å². The van der Waals surface area contributed by atoms with Crippen molar-refractivity contribution in [1.29, 1.82) is 0 Å². The van der Waals surface area contributed by atoms with Crippen LogP contribution in [-0.2, 0) is 9.53 Å². The van der Waals surface area contributed by atoms with Crippen molar-refractivity contribution >= 4 is 5.97 Å². The number of aliphatic hydroxyl groups excluding tert-OH is 1. The number of halogens is 1. The smallest absolute Gasteiger partial charge is 0.371 e. The van der Waals surface area contributed by atoms with Gasteiger partial charge in [-0.15, -0.1) is 0 Å². The lowest BCUT2D eigenvalue weighted by Gasteiger charge is -2.25. The van der Waals surface area contributed by atoms with Gasteiger partial charge in [-0.3, -0.25) is 0 Å². The van der Waals surface area contributed by atoms with E-state index in [0.29, 0.717) is 6.42 Å². The van der Waals surface area contributed by atoms with Crippen LogP contribution in [-0.4, -0.2) is 34.7 Å². The maximum absolute atomic E-state index is 12.6. The molecule has 0 amide bonds. The van der Waals surface area contributed by atoms with Crippen molar-refractivity contribution in [2.75, 3.05) is 6.61 Å². The highest BCUT2D eigenvalue weighted by molar-refractivity contribution is 5.76. The van der Waals surface area contributed by atoms with Crippen molar-refractivity contribution < 1.29 is 24.1 Å². The maximum atomic E-state index is 12.6. The molecule has 4 nitrogen and oxygen atoms in total. The largest absolute Gasteiger partial charge is 0.461 e. The molecule has 2 N–H and O–H groups in total. The van der Waals surface area contributed by atoms with Crippen LogP contribution in [0.5, 0.6) is 0 Å². The second kappa shape index (κ2) is 4.90. The zero-order valence-electron chi connectivity index (χ0n) is 8.78. The lowest BCUT2D eigenvalue weighted by molar-refractivity contribution is -0.184. The Hall–Kier alpha value is -0.680. The average Bonchev–Trinajstić information content (AvgIpc) is 2.12. The van der Waals surface area contributed by atoms with Gasteiger partial charge >= 0.3 is 11.8 Å². The molecule has 1 saturated carbocycles. The van der Waals surface area contributed by atoms with Crippen molar-refractivity contribution in [3.63, 3.8) is 0 Å². The van der Waals surface area contributed by atoms with Crippen LogP contribution in [0.4, 0.5) is 4.39 Å². The molecule has 0 aromatic rings. The maximum Gasteiger partial charge on any atom is 0.371 e. The Morgan fingerprint density at radius 1 is 1.60 bits per heavy atom. The highest BCUT2D eigenvalue weighted by atomic mass is 19.2. The quantitative estimate of drug-likeness (QED) is 0.689. The lowest BCUT2D eigenvalue weighted by atomic mass is 9.88. The summed E-state index contributed by atoms with van der Waals surface area (Å²) in [5, 5.41) is 18.0. The van der Waals surface area contributed by atoms with Gasteiger partial charge in [-0.2, -0.15) is 4.39 Å². The number of rotatable bonds is 3. The van der Waals surface area contributed by atoms with Gasteiger partial charge in [0.05, 0.1) is 12.7 Å². The van der Waals surface area contributed by atoms with Crippen LogP contribution in [0.1, 0.15) is 32.6 Å². The summed E-state index contributed by atoms with van der Waals surface area (Å²) >= 11 is 0. The molecule has 3 atom stereocenters. The monoisotopic (exact) mass is 220 g/mol. The normalized spacial score (nSPS) is 30.7. The Labute approximate surface area is 88.0 Å². The second-order valence-electron chi connectivity index (χ2n) is 4.24. The first-order valence-corrected chi connectivity index (χ1v) is 5.16. The molecule has 0 aromatic heterocycles. The van der Waals surface area contributed by atoms with E-state index in [0.717, 1.165) is 26.2 Å². The van der Waals surface area contributed by atoms with E-state index in [1.807, 2.05) is 0 Å². The van der Waals surface area contributed by atoms with E-state index >= 15 is 0 Å². The average molecular weight is 220 g/mol. The summed E-state index contributed by atoms with van der Waals surface area (Å²) in [7, 11) is 0. The van der Waals surface area contributed by atoms with E-state index in [2.05, 4.69) is 4.74 Å². The van der Waals surface area contributed by atoms with Crippen molar-refractivity contribution in [3.05, 3.63) is 0 Å². The van der Waals surface area contributed by atoms with Crippen LogP contribution >= 0.6 is 0 Å². The van der Waals surface area contributed by atoms with Crippen molar-refractivity contribution in [2.45, 2.75) is 44.6 Å². The van der Waals surface area contributed by atoms with E-state index in [9.17, 15) is 14.3 Å². The first-order chi connectivity index (χ1) is 6.89. The van der Waals surface area contributed by atoms with E-state index in [1.165, 1.54) is 0 Å². The van der Waals surface area contributed by atoms with Gasteiger partial charge in [0, 0.05) is 6.92 Å². The molecule has 0 spiro atoms. The van der Waals surface area contributed by atoms with Crippen LogP contribution in [0.2, 0.25) is 0 Å². The number of carbonyl (C=O) groups is 1. The molecule has 3 unspecified atom stereocenters. The molecule has 1 rings (SSSR count). The molecule has 1 aliphatic carbocycles. The third kappa shape index (κ3) is 4.13. The highest BCUT2D eigenvalue weighted by Crippen LogP contribution is 2.24. The van der Waals surface area contributed by atoms with Gasteiger partial charge in [-0.25, -0.2) is 4.79 Å². The van der Waals surface area contributed by atoms with Gasteiger partial charge in [-0.1, -0.05) is 6.42 Å². The molecule has 15 heavy (non-hydrogen) atoms. The van der Waals surface area contributed by atoms with Crippen molar-refractivity contribution in [1.82, 2.24) is 0 Å². The van der Waals surface area contributed by atoms with Gasteiger partial charge in [0.2, 0.25) is 0 Å². The van der Waals surface area contributed by atoms with E-state index in [1.54, 1.807) is 0 Å². The number of hydrogen-bond acceptors (Lipinski definition) is 4. The summed E-state index contributed by atoms with van der Waals surface area (Å²) in [6.07, 6.45) is 2.73. The number of alkyl halides is 1. The Bertz CT molecular complexity index is 224. The van der Waals surface area contributed by atoms with Gasteiger partial charge in [0.25, 0.3) is 0 Å². The Balaban J connectivity index is 2.28. The third-order valence-electron chi connectivity index (χ3n) is 2.58. The minimum atomic E-state index is -2.92. The first kappa shape index (κ1) is 12.4. The zero-order valence-corrected chi connectivity index (χ0v) is 8.78. The Morgan fingerprint density at radius 3 is 2.80 bits per heavy atom. The van der Waals surface area contributed by atoms with Gasteiger partial charge in [0.1, 0.15) is 0 Å². The van der Waals surface area contributed by atoms with E-state index < -0.39 is 11.8 Å². The minimum absolute atomic E-state index is 0.0654. The fourth-order valence-electron chi connectivity index (χ4n) is 1.74. The Kier molecular flexibility index (Phi) is 4.04. The van der Waals surface area contributed by atoms with E-state index in [4.69, 9.17) is 5.11 Å². The predicted molar refractivity (Wildman–Crippen MR) is 50.7 cm³/mol. The molecule has 0 heterocycles. The fraction of sp³-hybridized carbons (Fsp3) is 0.900. The topological polar surface area (TPSA) is 66.8 Å². The van der Waals surface area contributed by atoms with Crippen LogP contribution in [0.3, 0.4) is 0 Å². The van der Waals surface area contributed by atoms with Crippen molar-refractivity contribution in [3.8, 4) is 0 Å². The summed E-state index contributed by atoms with van der Waals surface area (Å²) in [6.45, 7) is 0.807. The SMILES string of the molecule is CC(O)(F)C(=O)OCC1CCCC(O)C1. The number of ether oxygens (including phenoxy) is 1. The predicted octanol–water partition coefficient (Wildman–Crippen LogP) is 0.759. The van der Waals surface area contributed by atoms with Gasteiger partial charge in [0.15, 0.2) is 0 Å². The molecule has 0 aromatic carbocycles. The number of carbonyl (C=O) groups excluding carboxylic acids is 1. The Morgan fingerprint density at radius 2 is 2.27 bits per heavy atom. The third-order valence-corrected chi connectivity index (χ3v) is 2.58. The molecule has 1 aliphatic rings. The molecule has 0 radical (unpaired) electrons. The minimum Gasteiger partial charge on any atom is -0.461 e. The number of aliphatic hydroxyl groups is 2. The summed E-state index contributed by atoms with van der Waals surface area (Å²) in [5.41, 5.74) is 0. The van der Waals surface area contributed by atoms with Crippen LogP contribution < -0.4 is 0 Å². The lowest BCUT2D eigenvalue weighted by Crippen LogP contribution is -2.34. The molecular weight excluding hydrogens is 203 g/mol. The standard InChI is InChI=1S/C10H17FO4/c1-10(11,14)9(13)15-6-7-3-2-4-8(12)5-7/h7-8,12,14H,2-6H2,1H3. The molecule has 88 valence electrons. The van der Waals surface area contributed by atoms with Crippen molar-refractivity contribution in [2.24, 2.45) is 5.92 Å². The first-order valence-electron chi connectivity index (χ1n) is 5.16. The van der Waals surface area contributed by atoms with Gasteiger partial charge < -0.3 is 14.9 Å². The number of esters is 1. The molecule has 0 bridgehead atoms. The van der Waals surface area contributed by atoms with Crippen LogP contribution in [0.15, 0.2) is 0 Å². The van der Waals surface area contributed by atoms with Gasteiger partial charge in [-0.05, 0) is 25.2 Å². The summed E-state index contributed by atoms with van der Waals surface area (Å²) < 4.78 is 17.3. The number of hydrogen-bond donors (Lipinski definition) is 2. The molecule has 0 saturated heterocycles. The zero-order chi connectivity index (χ0) is 11.5. The highest BCUT2D eigenvalue weighted by Gasteiger charge is 2.32. The molecular formula is C10H17FO4. The van der Waals surface area contributed by atoms with E-state index in [-0.39, 0.29) is 18.6 Å². The molecule has 5 heteroatoms. The summed E-state index contributed by atoms with van der Waals surface area (Å²) in [6, 6.07) is 0. The van der Waals surface area contributed by atoms with Crippen LogP contribution in [0, 0.1) is 5.92 Å². The fourth-order valence-corrected chi connectivity index (χ4v) is 1.74. The summed E-state index contributed by atoms with van der Waals surface area (Å²) in [4.78, 5) is 10.9.